The van der Waals surface area contributed by atoms with Gasteiger partial charge in [0.25, 0.3) is 11.8 Å². The zero-order chi connectivity index (χ0) is 20.6. The molecule has 2 aromatic rings. The van der Waals surface area contributed by atoms with E-state index < -0.39 is 0 Å². The number of nitrogens with zero attached hydrogens (tertiary/aromatic N) is 1. The Labute approximate surface area is 172 Å². The number of amides is 2. The van der Waals surface area contributed by atoms with Crippen LogP contribution in [0.5, 0.6) is 0 Å². The maximum atomic E-state index is 12.4. The minimum absolute atomic E-state index is 0.104. The summed E-state index contributed by atoms with van der Waals surface area (Å²) < 4.78 is 0. The summed E-state index contributed by atoms with van der Waals surface area (Å²) in [7, 11) is 3.94. The highest BCUT2D eigenvalue weighted by Crippen LogP contribution is 2.19. The molecule has 0 fully saturated rings. The summed E-state index contributed by atoms with van der Waals surface area (Å²) in [5, 5.41) is 5.84. The van der Waals surface area contributed by atoms with Crippen molar-refractivity contribution in [3.63, 3.8) is 0 Å². The lowest BCUT2D eigenvalue weighted by atomic mass is 9.97. The maximum Gasteiger partial charge on any atom is 0.255 e. The Bertz CT molecular complexity index is 868. The minimum Gasteiger partial charge on any atom is -0.378 e. The third-order valence-corrected chi connectivity index (χ3v) is 5.17. The van der Waals surface area contributed by atoms with Gasteiger partial charge in [0, 0.05) is 43.1 Å². The van der Waals surface area contributed by atoms with Crippen molar-refractivity contribution in [1.29, 1.82) is 0 Å². The van der Waals surface area contributed by atoms with Crippen molar-refractivity contribution >= 4 is 23.2 Å². The van der Waals surface area contributed by atoms with Gasteiger partial charge in [-0.05, 0) is 80.6 Å². The number of nitrogens with one attached hydrogen (secondary N) is 2. The molecule has 0 saturated carbocycles. The van der Waals surface area contributed by atoms with Gasteiger partial charge in [0.15, 0.2) is 0 Å². The molecule has 2 aromatic carbocycles. The quantitative estimate of drug-likeness (QED) is 0.677. The third kappa shape index (κ3) is 5.95. The van der Waals surface area contributed by atoms with Crippen molar-refractivity contribution < 1.29 is 9.59 Å². The smallest absolute Gasteiger partial charge is 0.255 e. The molecule has 0 bridgehead atoms. The summed E-state index contributed by atoms with van der Waals surface area (Å²) in [6, 6.07) is 14.4. The first-order valence-electron chi connectivity index (χ1n) is 10.2. The van der Waals surface area contributed by atoms with E-state index in [-0.39, 0.29) is 11.8 Å². The number of rotatable bonds is 7. The molecule has 5 nitrogen and oxygen atoms in total. The number of hydrogen-bond donors (Lipinski definition) is 2. The molecule has 1 aliphatic carbocycles. The van der Waals surface area contributed by atoms with Crippen LogP contribution in [0.2, 0.25) is 0 Å². The van der Waals surface area contributed by atoms with Crippen LogP contribution in [0.4, 0.5) is 11.4 Å². The van der Waals surface area contributed by atoms with Crippen LogP contribution in [0.3, 0.4) is 0 Å². The van der Waals surface area contributed by atoms with E-state index >= 15 is 0 Å². The molecule has 2 amide bonds. The van der Waals surface area contributed by atoms with Gasteiger partial charge in [-0.15, -0.1) is 0 Å². The molecular weight excluding hydrogens is 362 g/mol. The van der Waals surface area contributed by atoms with Crippen LogP contribution in [-0.4, -0.2) is 32.5 Å². The van der Waals surface area contributed by atoms with Crippen LogP contribution in [0.1, 0.15) is 52.8 Å². The van der Waals surface area contributed by atoms with Crippen molar-refractivity contribution in [2.45, 2.75) is 32.1 Å². The molecule has 0 saturated heterocycles. The average Bonchev–Trinajstić information content (AvgIpc) is 2.75. The molecule has 0 heterocycles. The molecule has 1 aliphatic rings. The van der Waals surface area contributed by atoms with Crippen LogP contribution in [0.25, 0.3) is 0 Å². The van der Waals surface area contributed by atoms with Gasteiger partial charge in [-0.2, -0.15) is 0 Å². The summed E-state index contributed by atoms with van der Waals surface area (Å²) in [6.07, 6.45) is 8.06. The Balaban J connectivity index is 1.51. The fourth-order valence-electron chi connectivity index (χ4n) is 3.39. The number of allylic oxidation sites excluding steroid dienone is 1. The van der Waals surface area contributed by atoms with Gasteiger partial charge in [-0.1, -0.05) is 11.6 Å². The third-order valence-electron chi connectivity index (χ3n) is 5.17. The Hall–Kier alpha value is -3.08. The van der Waals surface area contributed by atoms with E-state index in [1.165, 1.54) is 18.4 Å². The number of carbonyl (C=O) groups is 2. The van der Waals surface area contributed by atoms with Crippen LogP contribution < -0.4 is 15.5 Å². The summed E-state index contributed by atoms with van der Waals surface area (Å²) in [6.45, 7) is 0.649. The lowest BCUT2D eigenvalue weighted by Crippen LogP contribution is -2.25. The van der Waals surface area contributed by atoms with E-state index in [4.69, 9.17) is 0 Å². The highest BCUT2D eigenvalue weighted by Gasteiger charge is 2.10. The maximum absolute atomic E-state index is 12.4. The summed E-state index contributed by atoms with van der Waals surface area (Å²) >= 11 is 0. The van der Waals surface area contributed by atoms with Crippen LogP contribution >= 0.6 is 0 Å². The Morgan fingerprint density at radius 3 is 2.14 bits per heavy atom. The molecule has 0 aromatic heterocycles. The van der Waals surface area contributed by atoms with Gasteiger partial charge in [-0.25, -0.2) is 0 Å². The van der Waals surface area contributed by atoms with Gasteiger partial charge in [-0.3, -0.25) is 9.59 Å². The number of hydrogen-bond acceptors (Lipinski definition) is 3. The molecule has 2 N–H and O–H groups in total. The van der Waals surface area contributed by atoms with Gasteiger partial charge < -0.3 is 15.5 Å². The summed E-state index contributed by atoms with van der Waals surface area (Å²) in [5.41, 5.74) is 4.33. The van der Waals surface area contributed by atoms with Crippen molar-refractivity contribution in [2.75, 3.05) is 30.9 Å². The summed E-state index contributed by atoms with van der Waals surface area (Å²) in [4.78, 5) is 26.7. The zero-order valence-electron chi connectivity index (χ0n) is 17.2. The van der Waals surface area contributed by atoms with Gasteiger partial charge >= 0.3 is 0 Å². The molecule has 152 valence electrons. The molecular formula is C24H29N3O2. The Kier molecular flexibility index (Phi) is 7.06. The highest BCUT2D eigenvalue weighted by atomic mass is 16.2. The molecule has 3 rings (SSSR count). The van der Waals surface area contributed by atoms with E-state index in [2.05, 4.69) is 16.7 Å². The SMILES string of the molecule is CN(C)c1ccc(NC(=O)c2ccc(C(=O)NCCC3=CCCCC3)cc2)cc1. The fourth-order valence-corrected chi connectivity index (χ4v) is 3.39. The minimum atomic E-state index is -0.196. The van der Waals surface area contributed by atoms with Gasteiger partial charge in [0.1, 0.15) is 0 Å². The number of carbonyl (C=O) groups excluding carboxylic acids is 2. The Morgan fingerprint density at radius 2 is 1.55 bits per heavy atom. The normalized spacial score (nSPS) is 13.4. The molecule has 5 heteroatoms. The fraction of sp³-hybridized carbons (Fsp3) is 0.333. The monoisotopic (exact) mass is 391 g/mol. The first-order chi connectivity index (χ1) is 14.0. The molecule has 0 spiro atoms. The van der Waals surface area contributed by atoms with Crippen molar-refractivity contribution in [2.24, 2.45) is 0 Å². The number of benzene rings is 2. The topological polar surface area (TPSA) is 61.4 Å². The number of anilines is 2. The van der Waals surface area contributed by atoms with Crippen LogP contribution in [-0.2, 0) is 0 Å². The largest absolute Gasteiger partial charge is 0.378 e. The summed E-state index contributed by atoms with van der Waals surface area (Å²) in [5.74, 6) is -0.300. The van der Waals surface area contributed by atoms with Crippen LogP contribution in [0, 0.1) is 0 Å². The zero-order valence-corrected chi connectivity index (χ0v) is 17.2. The predicted octanol–water partition coefficient (Wildman–Crippen LogP) is 4.63. The predicted molar refractivity (Wildman–Crippen MR) is 119 cm³/mol. The lowest BCUT2D eigenvalue weighted by Gasteiger charge is -2.13. The van der Waals surface area contributed by atoms with E-state index in [0.717, 1.165) is 30.6 Å². The van der Waals surface area contributed by atoms with Crippen LogP contribution in [0.15, 0.2) is 60.2 Å². The van der Waals surface area contributed by atoms with E-state index in [1.54, 1.807) is 24.3 Å². The highest BCUT2D eigenvalue weighted by molar-refractivity contribution is 6.05. The first-order valence-corrected chi connectivity index (χ1v) is 10.2. The molecule has 29 heavy (non-hydrogen) atoms. The standard InChI is InChI=1S/C24H29N3O2/c1-27(2)22-14-12-21(13-15-22)26-24(29)20-10-8-19(9-11-20)23(28)25-17-16-18-6-4-3-5-7-18/h6,8-15H,3-5,7,16-17H2,1-2H3,(H,25,28)(H,26,29). The second-order valence-electron chi connectivity index (χ2n) is 7.59. The second-order valence-corrected chi connectivity index (χ2v) is 7.59. The second kappa shape index (κ2) is 9.92. The molecule has 0 atom stereocenters. The molecule has 0 unspecified atom stereocenters. The lowest BCUT2D eigenvalue weighted by molar-refractivity contribution is 0.0952. The molecule has 0 radical (unpaired) electrons. The van der Waals surface area contributed by atoms with Crippen molar-refractivity contribution in [3.05, 3.63) is 71.3 Å². The van der Waals surface area contributed by atoms with Crippen molar-refractivity contribution in [1.82, 2.24) is 5.32 Å². The van der Waals surface area contributed by atoms with E-state index in [9.17, 15) is 9.59 Å². The van der Waals surface area contributed by atoms with Gasteiger partial charge in [0.05, 0.1) is 0 Å². The van der Waals surface area contributed by atoms with E-state index in [0.29, 0.717) is 17.7 Å². The Morgan fingerprint density at radius 1 is 0.897 bits per heavy atom. The first kappa shape index (κ1) is 20.6. The van der Waals surface area contributed by atoms with Crippen molar-refractivity contribution in [3.8, 4) is 0 Å². The molecule has 0 aliphatic heterocycles. The van der Waals surface area contributed by atoms with Gasteiger partial charge in [0.2, 0.25) is 0 Å². The van der Waals surface area contributed by atoms with E-state index in [1.807, 2.05) is 43.3 Å². The average molecular weight is 392 g/mol.